The first-order chi connectivity index (χ1) is 11.1. The lowest BCUT2D eigenvalue weighted by molar-refractivity contribution is 0.0954. The van der Waals surface area contributed by atoms with E-state index in [1.165, 1.54) is 0 Å². The van der Waals surface area contributed by atoms with E-state index in [1.807, 2.05) is 37.3 Å². The SMILES string of the molecule is CC(Cn1nnc2ccccc21)=NNC(=O)c1cccc(Br)c1. The van der Waals surface area contributed by atoms with E-state index in [1.54, 1.807) is 22.9 Å². The molecular formula is C16H14BrN5O. The second kappa shape index (κ2) is 6.70. The van der Waals surface area contributed by atoms with Crippen LogP contribution in [-0.2, 0) is 6.54 Å². The zero-order valence-electron chi connectivity index (χ0n) is 12.4. The zero-order valence-corrected chi connectivity index (χ0v) is 14.0. The zero-order chi connectivity index (χ0) is 16.2. The average molecular weight is 372 g/mol. The van der Waals surface area contributed by atoms with Gasteiger partial charge in [0.2, 0.25) is 0 Å². The van der Waals surface area contributed by atoms with Gasteiger partial charge >= 0.3 is 0 Å². The Bertz CT molecular complexity index is 887. The summed E-state index contributed by atoms with van der Waals surface area (Å²) in [6.07, 6.45) is 0. The van der Waals surface area contributed by atoms with Crippen LogP contribution < -0.4 is 5.43 Å². The Morgan fingerprint density at radius 3 is 2.91 bits per heavy atom. The first kappa shape index (κ1) is 15.4. The third-order valence-electron chi connectivity index (χ3n) is 3.23. The van der Waals surface area contributed by atoms with E-state index in [2.05, 4.69) is 36.8 Å². The van der Waals surface area contributed by atoms with E-state index in [-0.39, 0.29) is 5.91 Å². The fraction of sp³-hybridized carbons (Fsp3) is 0.125. The molecule has 7 heteroatoms. The third-order valence-corrected chi connectivity index (χ3v) is 3.73. The van der Waals surface area contributed by atoms with Crippen molar-refractivity contribution in [3.8, 4) is 0 Å². The normalized spacial score (nSPS) is 11.7. The van der Waals surface area contributed by atoms with Crippen molar-refractivity contribution in [3.63, 3.8) is 0 Å². The van der Waals surface area contributed by atoms with Crippen LogP contribution in [0.5, 0.6) is 0 Å². The molecule has 0 aliphatic heterocycles. The van der Waals surface area contributed by atoms with Crippen LogP contribution in [0.2, 0.25) is 0 Å². The molecule has 1 N–H and O–H groups in total. The lowest BCUT2D eigenvalue weighted by Crippen LogP contribution is -2.20. The Labute approximate surface area is 141 Å². The van der Waals surface area contributed by atoms with Crippen LogP contribution in [0.25, 0.3) is 11.0 Å². The number of halogens is 1. The summed E-state index contributed by atoms with van der Waals surface area (Å²) in [4.78, 5) is 12.0. The van der Waals surface area contributed by atoms with Crippen molar-refractivity contribution in [3.05, 3.63) is 58.6 Å². The molecule has 23 heavy (non-hydrogen) atoms. The third kappa shape index (κ3) is 3.62. The van der Waals surface area contributed by atoms with Crippen LogP contribution in [0.4, 0.5) is 0 Å². The highest BCUT2D eigenvalue weighted by Gasteiger charge is 2.07. The Morgan fingerprint density at radius 2 is 2.09 bits per heavy atom. The van der Waals surface area contributed by atoms with Gasteiger partial charge in [0.15, 0.2) is 0 Å². The predicted molar refractivity (Wildman–Crippen MR) is 92.2 cm³/mol. The molecule has 3 aromatic rings. The van der Waals surface area contributed by atoms with Crippen LogP contribution in [0, 0.1) is 0 Å². The Morgan fingerprint density at radius 1 is 1.26 bits per heavy atom. The van der Waals surface area contributed by atoms with Gasteiger partial charge < -0.3 is 0 Å². The summed E-state index contributed by atoms with van der Waals surface area (Å²) in [5, 5.41) is 12.3. The number of fused-ring (bicyclic) bond motifs is 1. The standard InChI is InChI=1S/C16H14BrN5O/c1-11(10-22-15-8-3-2-7-14(15)19-21-22)18-20-16(23)12-5-4-6-13(17)9-12/h2-9H,10H2,1H3,(H,20,23). The van der Waals surface area contributed by atoms with Crippen molar-refractivity contribution < 1.29 is 4.79 Å². The van der Waals surface area contributed by atoms with E-state index in [4.69, 9.17) is 0 Å². The number of hydrogen-bond donors (Lipinski definition) is 1. The van der Waals surface area contributed by atoms with Gasteiger partial charge in [0.05, 0.1) is 17.8 Å². The topological polar surface area (TPSA) is 72.2 Å². The second-order valence-electron chi connectivity index (χ2n) is 5.03. The summed E-state index contributed by atoms with van der Waals surface area (Å²) < 4.78 is 2.60. The van der Waals surface area contributed by atoms with Crippen molar-refractivity contribution in [1.29, 1.82) is 0 Å². The molecular weight excluding hydrogens is 358 g/mol. The number of hydrazone groups is 1. The largest absolute Gasteiger partial charge is 0.271 e. The number of nitrogens with one attached hydrogen (secondary N) is 1. The molecule has 3 rings (SSSR count). The lowest BCUT2D eigenvalue weighted by Gasteiger charge is -2.04. The molecule has 0 bridgehead atoms. The summed E-state index contributed by atoms with van der Waals surface area (Å²) in [7, 11) is 0. The average Bonchev–Trinajstić information content (AvgIpc) is 2.96. The summed E-state index contributed by atoms with van der Waals surface area (Å²) in [6.45, 7) is 2.29. The molecule has 1 heterocycles. The van der Waals surface area contributed by atoms with E-state index < -0.39 is 0 Å². The molecule has 0 unspecified atom stereocenters. The highest BCUT2D eigenvalue weighted by atomic mass is 79.9. The van der Waals surface area contributed by atoms with Gasteiger partial charge in [0, 0.05) is 10.0 Å². The number of rotatable bonds is 4. The maximum absolute atomic E-state index is 12.0. The van der Waals surface area contributed by atoms with Crippen LogP contribution in [0.3, 0.4) is 0 Å². The smallest absolute Gasteiger partial charge is 0.267 e. The van der Waals surface area contributed by atoms with Crippen LogP contribution in [0.1, 0.15) is 17.3 Å². The number of amides is 1. The van der Waals surface area contributed by atoms with Gasteiger partial charge in [-0.25, -0.2) is 10.1 Å². The number of carbonyl (C=O) groups is 1. The predicted octanol–water partition coefficient (Wildman–Crippen LogP) is 3.00. The monoisotopic (exact) mass is 371 g/mol. The molecule has 0 aliphatic rings. The van der Waals surface area contributed by atoms with E-state index in [9.17, 15) is 4.79 Å². The van der Waals surface area contributed by atoms with Crippen molar-refractivity contribution in [1.82, 2.24) is 20.4 Å². The van der Waals surface area contributed by atoms with Crippen molar-refractivity contribution in [2.24, 2.45) is 5.10 Å². The Hall–Kier alpha value is -2.54. The molecule has 1 aromatic heterocycles. The quantitative estimate of drug-likeness (QED) is 0.565. The minimum atomic E-state index is -0.255. The van der Waals surface area contributed by atoms with Gasteiger partial charge in [0.25, 0.3) is 5.91 Å². The molecule has 0 aliphatic carbocycles. The van der Waals surface area contributed by atoms with Gasteiger partial charge in [-0.3, -0.25) is 4.79 Å². The molecule has 1 amide bonds. The maximum atomic E-state index is 12.0. The molecule has 2 aromatic carbocycles. The number of benzene rings is 2. The first-order valence-electron chi connectivity index (χ1n) is 7.01. The fourth-order valence-corrected chi connectivity index (χ4v) is 2.53. The molecule has 0 fully saturated rings. The summed E-state index contributed by atoms with van der Waals surface area (Å²) >= 11 is 3.34. The van der Waals surface area contributed by atoms with Crippen LogP contribution >= 0.6 is 15.9 Å². The molecule has 0 spiro atoms. The highest BCUT2D eigenvalue weighted by Crippen LogP contribution is 2.11. The maximum Gasteiger partial charge on any atom is 0.271 e. The summed E-state index contributed by atoms with van der Waals surface area (Å²) in [6, 6.07) is 14.8. The summed E-state index contributed by atoms with van der Waals surface area (Å²) in [5.41, 5.74) is 5.59. The number of carbonyl (C=O) groups excluding carboxylic acids is 1. The van der Waals surface area contributed by atoms with E-state index in [0.717, 1.165) is 21.2 Å². The molecule has 0 radical (unpaired) electrons. The summed E-state index contributed by atoms with van der Waals surface area (Å²) in [5.74, 6) is -0.255. The molecule has 116 valence electrons. The first-order valence-corrected chi connectivity index (χ1v) is 7.80. The van der Waals surface area contributed by atoms with Crippen LogP contribution in [-0.4, -0.2) is 26.6 Å². The van der Waals surface area contributed by atoms with E-state index >= 15 is 0 Å². The second-order valence-corrected chi connectivity index (χ2v) is 5.95. The van der Waals surface area contributed by atoms with Gasteiger partial charge in [-0.2, -0.15) is 5.10 Å². The number of aromatic nitrogens is 3. The number of nitrogens with zero attached hydrogens (tertiary/aromatic N) is 4. The van der Waals surface area contributed by atoms with Gasteiger partial charge in [-0.15, -0.1) is 5.10 Å². The number of para-hydroxylation sites is 1. The van der Waals surface area contributed by atoms with E-state index in [0.29, 0.717) is 12.1 Å². The van der Waals surface area contributed by atoms with Gasteiger partial charge in [-0.05, 0) is 37.3 Å². The minimum absolute atomic E-state index is 0.255. The number of hydrogen-bond acceptors (Lipinski definition) is 4. The fourth-order valence-electron chi connectivity index (χ4n) is 2.13. The molecule has 0 saturated carbocycles. The Balaban J connectivity index is 1.69. The molecule has 0 saturated heterocycles. The minimum Gasteiger partial charge on any atom is -0.267 e. The Kier molecular flexibility index (Phi) is 4.47. The van der Waals surface area contributed by atoms with Crippen molar-refractivity contribution in [2.75, 3.05) is 0 Å². The highest BCUT2D eigenvalue weighted by molar-refractivity contribution is 9.10. The lowest BCUT2D eigenvalue weighted by atomic mass is 10.2. The molecule has 6 nitrogen and oxygen atoms in total. The van der Waals surface area contributed by atoms with Gasteiger partial charge in [0.1, 0.15) is 5.52 Å². The van der Waals surface area contributed by atoms with Gasteiger partial charge in [-0.1, -0.05) is 39.3 Å². The van der Waals surface area contributed by atoms with Crippen molar-refractivity contribution in [2.45, 2.75) is 13.5 Å². The van der Waals surface area contributed by atoms with Crippen LogP contribution in [0.15, 0.2) is 58.1 Å². The molecule has 0 atom stereocenters. The van der Waals surface area contributed by atoms with Crippen molar-refractivity contribution >= 4 is 38.6 Å².